The van der Waals surface area contributed by atoms with Gasteiger partial charge in [0, 0.05) is 12.6 Å². The minimum Gasteiger partial charge on any atom is -0.462 e. The molecule has 0 N–H and O–H groups in total. The molecular formula is C16H15NO2. The average molecular weight is 253 g/mol. The molecule has 2 rings (SSSR count). The van der Waals surface area contributed by atoms with Crippen molar-refractivity contribution in [3.05, 3.63) is 66.2 Å². The number of benzene rings is 2. The molecule has 3 nitrogen and oxygen atoms in total. The molecule has 0 unspecified atom stereocenters. The molecule has 2 aromatic rings. The zero-order valence-electron chi connectivity index (χ0n) is 10.5. The molecule has 0 aromatic heterocycles. The first-order valence-corrected chi connectivity index (χ1v) is 6.16. The molecular weight excluding hydrogens is 238 g/mol. The fraction of sp³-hybridized carbons (Fsp3) is 0.125. The van der Waals surface area contributed by atoms with Crippen LogP contribution >= 0.6 is 0 Å². The summed E-state index contributed by atoms with van der Waals surface area (Å²) in [6.07, 6.45) is 2.36. The van der Waals surface area contributed by atoms with E-state index < -0.39 is 0 Å². The third-order valence-electron chi connectivity index (χ3n) is 2.49. The lowest BCUT2D eigenvalue weighted by atomic mass is 10.2. The molecule has 0 saturated heterocycles. The van der Waals surface area contributed by atoms with Crippen LogP contribution in [0, 0.1) is 0 Å². The molecule has 0 fully saturated rings. The minimum atomic E-state index is -0.297. The van der Waals surface area contributed by atoms with Gasteiger partial charge in [-0.15, -0.1) is 0 Å². The second kappa shape index (κ2) is 7.11. The van der Waals surface area contributed by atoms with Crippen LogP contribution in [0.3, 0.4) is 0 Å². The number of para-hydroxylation sites is 1. The smallest absolute Gasteiger partial charge is 0.338 e. The van der Waals surface area contributed by atoms with Crippen molar-refractivity contribution >= 4 is 17.9 Å². The van der Waals surface area contributed by atoms with Gasteiger partial charge in [-0.05, 0) is 24.3 Å². The zero-order valence-corrected chi connectivity index (χ0v) is 10.5. The van der Waals surface area contributed by atoms with E-state index in [9.17, 15) is 4.79 Å². The molecule has 0 atom stereocenters. The highest BCUT2D eigenvalue weighted by molar-refractivity contribution is 5.89. The predicted octanol–water partition coefficient (Wildman–Crippen LogP) is 3.64. The second-order valence-electron chi connectivity index (χ2n) is 3.94. The first-order chi connectivity index (χ1) is 9.36. The Morgan fingerprint density at radius 1 is 1.00 bits per heavy atom. The van der Waals surface area contributed by atoms with Gasteiger partial charge < -0.3 is 4.74 Å². The van der Waals surface area contributed by atoms with Gasteiger partial charge in [-0.2, -0.15) is 0 Å². The summed E-state index contributed by atoms with van der Waals surface area (Å²) < 4.78 is 5.14. The number of carbonyl (C=O) groups is 1. The molecule has 2 aromatic carbocycles. The van der Waals surface area contributed by atoms with Crippen molar-refractivity contribution in [2.75, 3.05) is 6.61 Å². The molecule has 0 aliphatic rings. The molecule has 3 heteroatoms. The molecule has 0 aliphatic carbocycles. The molecule has 0 bridgehead atoms. The van der Waals surface area contributed by atoms with Crippen LogP contribution in [0.5, 0.6) is 0 Å². The maximum Gasteiger partial charge on any atom is 0.338 e. The van der Waals surface area contributed by atoms with E-state index in [0.717, 1.165) is 5.69 Å². The maximum atomic E-state index is 11.6. The topological polar surface area (TPSA) is 38.7 Å². The Labute approximate surface area is 112 Å². The van der Waals surface area contributed by atoms with Crippen LogP contribution in [0.4, 0.5) is 5.69 Å². The van der Waals surface area contributed by atoms with Crippen molar-refractivity contribution in [2.45, 2.75) is 6.42 Å². The van der Waals surface area contributed by atoms with Gasteiger partial charge in [0.05, 0.1) is 17.9 Å². The quantitative estimate of drug-likeness (QED) is 0.463. The summed E-state index contributed by atoms with van der Waals surface area (Å²) in [4.78, 5) is 15.9. The van der Waals surface area contributed by atoms with E-state index in [4.69, 9.17) is 4.74 Å². The lowest BCUT2D eigenvalue weighted by Gasteiger charge is -2.02. The molecule has 0 radical (unpaired) electrons. The van der Waals surface area contributed by atoms with Gasteiger partial charge in [-0.3, -0.25) is 4.99 Å². The second-order valence-corrected chi connectivity index (χ2v) is 3.94. The average Bonchev–Trinajstić information content (AvgIpc) is 2.49. The van der Waals surface area contributed by atoms with Crippen molar-refractivity contribution in [3.8, 4) is 0 Å². The van der Waals surface area contributed by atoms with Gasteiger partial charge in [-0.25, -0.2) is 4.79 Å². The Hall–Kier alpha value is -2.42. The van der Waals surface area contributed by atoms with E-state index in [-0.39, 0.29) is 5.97 Å². The number of hydrogen-bond donors (Lipinski definition) is 0. The molecule has 0 amide bonds. The predicted molar refractivity (Wildman–Crippen MR) is 75.9 cm³/mol. The number of aliphatic imine (C=N–C) groups is 1. The summed E-state index contributed by atoms with van der Waals surface area (Å²) >= 11 is 0. The van der Waals surface area contributed by atoms with Gasteiger partial charge in [0.1, 0.15) is 0 Å². The lowest BCUT2D eigenvalue weighted by Crippen LogP contribution is -2.06. The molecule has 0 spiro atoms. The van der Waals surface area contributed by atoms with Gasteiger partial charge in [-0.1, -0.05) is 36.4 Å². The summed E-state index contributed by atoms with van der Waals surface area (Å²) in [5, 5.41) is 0. The summed E-state index contributed by atoms with van der Waals surface area (Å²) in [5.74, 6) is -0.297. The largest absolute Gasteiger partial charge is 0.462 e. The number of carbonyl (C=O) groups excluding carboxylic acids is 1. The molecule has 0 saturated carbocycles. The van der Waals surface area contributed by atoms with Gasteiger partial charge in [0.2, 0.25) is 0 Å². The first-order valence-electron chi connectivity index (χ1n) is 6.16. The van der Waals surface area contributed by atoms with Crippen molar-refractivity contribution < 1.29 is 9.53 Å². The number of ether oxygens (including phenoxy) is 1. The Bertz CT molecular complexity index is 535. The molecule has 0 heterocycles. The monoisotopic (exact) mass is 253 g/mol. The maximum absolute atomic E-state index is 11.6. The highest BCUT2D eigenvalue weighted by Gasteiger charge is 2.04. The number of nitrogens with zero attached hydrogens (tertiary/aromatic N) is 1. The lowest BCUT2D eigenvalue weighted by molar-refractivity contribution is 0.0516. The Kier molecular flexibility index (Phi) is 4.87. The summed E-state index contributed by atoms with van der Waals surface area (Å²) in [6.45, 7) is 0.337. The van der Waals surface area contributed by atoms with E-state index in [0.29, 0.717) is 18.6 Å². The SMILES string of the molecule is O=C(OCCC=Nc1ccccc1)c1ccccc1. The number of hydrogen-bond acceptors (Lipinski definition) is 3. The molecule has 0 aliphatic heterocycles. The van der Waals surface area contributed by atoms with Crippen molar-refractivity contribution in [1.29, 1.82) is 0 Å². The van der Waals surface area contributed by atoms with E-state index in [2.05, 4.69) is 4.99 Å². The zero-order chi connectivity index (χ0) is 13.3. The van der Waals surface area contributed by atoms with Gasteiger partial charge in [0.25, 0.3) is 0 Å². The fourth-order valence-corrected chi connectivity index (χ4v) is 1.55. The van der Waals surface area contributed by atoms with Gasteiger partial charge in [0.15, 0.2) is 0 Å². The third kappa shape index (κ3) is 4.39. The van der Waals surface area contributed by atoms with Crippen LogP contribution in [0.2, 0.25) is 0 Å². The van der Waals surface area contributed by atoms with Crippen molar-refractivity contribution in [1.82, 2.24) is 0 Å². The van der Waals surface area contributed by atoms with Crippen LogP contribution in [0.1, 0.15) is 16.8 Å². The van der Waals surface area contributed by atoms with E-state index in [1.54, 1.807) is 18.3 Å². The van der Waals surface area contributed by atoms with Crippen LogP contribution in [0.15, 0.2) is 65.7 Å². The third-order valence-corrected chi connectivity index (χ3v) is 2.49. The standard InChI is InChI=1S/C16H15NO2/c18-16(14-8-3-1-4-9-14)19-13-7-12-17-15-10-5-2-6-11-15/h1-6,8-12H,7,13H2. The molecule has 96 valence electrons. The summed E-state index contributed by atoms with van der Waals surface area (Å²) in [6, 6.07) is 18.6. The van der Waals surface area contributed by atoms with E-state index >= 15 is 0 Å². The highest BCUT2D eigenvalue weighted by Crippen LogP contribution is 2.08. The Morgan fingerprint density at radius 2 is 1.63 bits per heavy atom. The Balaban J connectivity index is 1.73. The number of esters is 1. The summed E-state index contributed by atoms with van der Waals surface area (Å²) in [7, 11) is 0. The van der Waals surface area contributed by atoms with Gasteiger partial charge >= 0.3 is 5.97 Å². The Morgan fingerprint density at radius 3 is 2.32 bits per heavy atom. The van der Waals surface area contributed by atoms with E-state index in [1.165, 1.54) is 0 Å². The highest BCUT2D eigenvalue weighted by atomic mass is 16.5. The van der Waals surface area contributed by atoms with Crippen LogP contribution in [-0.2, 0) is 4.74 Å². The molecule has 19 heavy (non-hydrogen) atoms. The normalized spacial score (nSPS) is 10.5. The van der Waals surface area contributed by atoms with Crippen LogP contribution in [-0.4, -0.2) is 18.8 Å². The van der Waals surface area contributed by atoms with Crippen LogP contribution < -0.4 is 0 Å². The minimum absolute atomic E-state index is 0.297. The summed E-state index contributed by atoms with van der Waals surface area (Å²) in [5.41, 5.74) is 1.47. The van der Waals surface area contributed by atoms with E-state index in [1.807, 2.05) is 48.5 Å². The van der Waals surface area contributed by atoms with Crippen molar-refractivity contribution in [3.63, 3.8) is 0 Å². The number of rotatable bonds is 5. The van der Waals surface area contributed by atoms with Crippen LogP contribution in [0.25, 0.3) is 0 Å². The van der Waals surface area contributed by atoms with Crippen molar-refractivity contribution in [2.24, 2.45) is 4.99 Å². The fourth-order valence-electron chi connectivity index (χ4n) is 1.55. The first kappa shape index (κ1) is 13.0.